The molecule has 1 amide bonds. The summed E-state index contributed by atoms with van der Waals surface area (Å²) in [5.41, 5.74) is 8.37. The van der Waals surface area contributed by atoms with Crippen LogP contribution in [0.4, 0.5) is 5.69 Å². The van der Waals surface area contributed by atoms with Crippen molar-refractivity contribution in [2.75, 3.05) is 25.1 Å². The molecule has 1 heterocycles. The fourth-order valence-corrected chi connectivity index (χ4v) is 2.13. The zero-order valence-electron chi connectivity index (χ0n) is 10.3. The van der Waals surface area contributed by atoms with Crippen molar-refractivity contribution in [3.8, 4) is 0 Å². The van der Waals surface area contributed by atoms with Gasteiger partial charge in [-0.15, -0.1) is 0 Å². The third kappa shape index (κ3) is 2.36. The first kappa shape index (κ1) is 12.6. The van der Waals surface area contributed by atoms with E-state index in [4.69, 9.17) is 5.73 Å². The van der Waals surface area contributed by atoms with Gasteiger partial charge in [-0.1, -0.05) is 12.1 Å². The van der Waals surface area contributed by atoms with Gasteiger partial charge < -0.3 is 15.4 Å². The molecule has 5 heteroatoms. The van der Waals surface area contributed by atoms with E-state index in [9.17, 15) is 9.59 Å². The molecule has 0 fully saturated rings. The summed E-state index contributed by atoms with van der Waals surface area (Å²) in [6.45, 7) is 0.553. The predicted octanol–water partition coefficient (Wildman–Crippen LogP) is 0.250. The molecule has 1 aliphatic rings. The van der Waals surface area contributed by atoms with Gasteiger partial charge >= 0.3 is 5.97 Å². The summed E-state index contributed by atoms with van der Waals surface area (Å²) < 4.78 is 4.59. The SMILES string of the molecule is COC(=O)CN1C(=O)Cc2cc(CCN)ccc21. The maximum Gasteiger partial charge on any atom is 0.325 e. The standard InChI is InChI=1S/C13H16N2O3/c1-18-13(17)8-15-11-3-2-9(4-5-14)6-10(11)7-12(15)16/h2-3,6H,4-5,7-8,14H2,1H3. The highest BCUT2D eigenvalue weighted by Gasteiger charge is 2.29. The number of hydrogen-bond acceptors (Lipinski definition) is 4. The Morgan fingerprint density at radius 3 is 2.94 bits per heavy atom. The summed E-state index contributed by atoms with van der Waals surface area (Å²) >= 11 is 0. The molecule has 0 spiro atoms. The molecule has 0 aliphatic carbocycles. The van der Waals surface area contributed by atoms with Crippen LogP contribution in [0, 0.1) is 0 Å². The number of rotatable bonds is 4. The van der Waals surface area contributed by atoms with Crippen molar-refractivity contribution in [1.82, 2.24) is 0 Å². The van der Waals surface area contributed by atoms with Crippen LogP contribution in [0.25, 0.3) is 0 Å². The molecule has 2 N–H and O–H groups in total. The number of anilines is 1. The van der Waals surface area contributed by atoms with Crippen molar-refractivity contribution in [2.45, 2.75) is 12.8 Å². The summed E-state index contributed by atoms with van der Waals surface area (Å²) in [6, 6.07) is 5.79. The van der Waals surface area contributed by atoms with Crippen molar-refractivity contribution in [3.63, 3.8) is 0 Å². The third-order valence-electron chi connectivity index (χ3n) is 3.03. The van der Waals surface area contributed by atoms with E-state index < -0.39 is 5.97 Å². The first-order valence-corrected chi connectivity index (χ1v) is 5.84. The Labute approximate surface area is 106 Å². The Kier molecular flexibility index (Phi) is 3.62. The molecular weight excluding hydrogens is 232 g/mol. The maximum absolute atomic E-state index is 11.8. The van der Waals surface area contributed by atoms with Gasteiger partial charge in [0.25, 0.3) is 0 Å². The average molecular weight is 248 g/mol. The molecule has 1 aromatic carbocycles. The molecule has 1 aromatic rings. The van der Waals surface area contributed by atoms with Crippen LogP contribution in [0.5, 0.6) is 0 Å². The quantitative estimate of drug-likeness (QED) is 0.775. The van der Waals surface area contributed by atoms with Gasteiger partial charge in [-0.2, -0.15) is 0 Å². The Morgan fingerprint density at radius 2 is 2.28 bits per heavy atom. The zero-order valence-corrected chi connectivity index (χ0v) is 10.3. The number of fused-ring (bicyclic) bond motifs is 1. The monoisotopic (exact) mass is 248 g/mol. The molecule has 96 valence electrons. The number of ether oxygens (including phenoxy) is 1. The van der Waals surface area contributed by atoms with E-state index in [2.05, 4.69) is 4.74 Å². The van der Waals surface area contributed by atoms with Crippen LogP contribution < -0.4 is 10.6 Å². The van der Waals surface area contributed by atoms with Gasteiger partial charge in [0.05, 0.1) is 13.5 Å². The Balaban J connectivity index is 2.23. The molecule has 0 saturated heterocycles. The van der Waals surface area contributed by atoms with Gasteiger partial charge in [0.1, 0.15) is 6.54 Å². The fraction of sp³-hybridized carbons (Fsp3) is 0.385. The smallest absolute Gasteiger partial charge is 0.325 e. The van der Waals surface area contributed by atoms with E-state index in [0.717, 1.165) is 23.2 Å². The second-order valence-corrected chi connectivity index (χ2v) is 4.23. The van der Waals surface area contributed by atoms with E-state index in [1.165, 1.54) is 12.0 Å². The van der Waals surface area contributed by atoms with Crippen molar-refractivity contribution in [2.24, 2.45) is 5.73 Å². The topological polar surface area (TPSA) is 72.6 Å². The highest BCUT2D eigenvalue weighted by molar-refractivity contribution is 6.04. The van der Waals surface area contributed by atoms with E-state index in [-0.39, 0.29) is 12.5 Å². The van der Waals surface area contributed by atoms with Crippen molar-refractivity contribution < 1.29 is 14.3 Å². The molecule has 0 saturated carbocycles. The number of nitrogens with two attached hydrogens (primary N) is 1. The highest BCUT2D eigenvalue weighted by atomic mass is 16.5. The summed E-state index contributed by atoms with van der Waals surface area (Å²) in [5, 5.41) is 0. The van der Waals surface area contributed by atoms with Crippen LogP contribution in [0.1, 0.15) is 11.1 Å². The average Bonchev–Trinajstić information content (AvgIpc) is 2.65. The maximum atomic E-state index is 11.8. The van der Waals surface area contributed by atoms with Crippen LogP contribution in [0.3, 0.4) is 0 Å². The van der Waals surface area contributed by atoms with Gasteiger partial charge in [0.2, 0.25) is 5.91 Å². The fourth-order valence-electron chi connectivity index (χ4n) is 2.13. The Morgan fingerprint density at radius 1 is 1.50 bits per heavy atom. The lowest BCUT2D eigenvalue weighted by atomic mass is 10.1. The lowest BCUT2D eigenvalue weighted by Gasteiger charge is -2.15. The van der Waals surface area contributed by atoms with Crippen LogP contribution in [0.2, 0.25) is 0 Å². The minimum Gasteiger partial charge on any atom is -0.468 e. The van der Waals surface area contributed by atoms with Gasteiger partial charge in [-0.05, 0) is 30.2 Å². The van der Waals surface area contributed by atoms with Crippen molar-refractivity contribution >= 4 is 17.6 Å². The molecule has 1 aliphatic heterocycles. The second-order valence-electron chi connectivity index (χ2n) is 4.23. The largest absolute Gasteiger partial charge is 0.468 e. The number of carbonyl (C=O) groups is 2. The van der Waals surface area contributed by atoms with E-state index in [1.54, 1.807) is 0 Å². The molecule has 18 heavy (non-hydrogen) atoms. The minimum atomic E-state index is -0.415. The Hall–Kier alpha value is -1.88. The Bertz CT molecular complexity index is 485. The van der Waals surface area contributed by atoms with Gasteiger partial charge in [-0.25, -0.2) is 0 Å². The normalized spacial score (nSPS) is 13.7. The lowest BCUT2D eigenvalue weighted by molar-refractivity contribution is -0.139. The van der Waals surface area contributed by atoms with E-state index in [1.807, 2.05) is 18.2 Å². The van der Waals surface area contributed by atoms with Crippen molar-refractivity contribution in [3.05, 3.63) is 29.3 Å². The molecule has 0 atom stereocenters. The number of hydrogen-bond donors (Lipinski definition) is 1. The van der Waals surface area contributed by atoms with Crippen LogP contribution in [0.15, 0.2) is 18.2 Å². The van der Waals surface area contributed by atoms with Gasteiger partial charge in [-0.3, -0.25) is 9.59 Å². The molecule has 0 aromatic heterocycles. The molecule has 0 bridgehead atoms. The summed E-state index contributed by atoms with van der Waals surface area (Å²) in [7, 11) is 1.31. The number of benzene rings is 1. The van der Waals surface area contributed by atoms with E-state index >= 15 is 0 Å². The van der Waals surface area contributed by atoms with Gasteiger partial charge in [0, 0.05) is 5.69 Å². The lowest BCUT2D eigenvalue weighted by Crippen LogP contribution is -2.33. The first-order chi connectivity index (χ1) is 8.65. The second kappa shape index (κ2) is 5.18. The number of nitrogens with zero attached hydrogens (tertiary/aromatic N) is 1. The number of esters is 1. The first-order valence-electron chi connectivity index (χ1n) is 5.84. The van der Waals surface area contributed by atoms with Crippen LogP contribution in [-0.4, -0.2) is 32.1 Å². The molecular formula is C13H16N2O3. The van der Waals surface area contributed by atoms with E-state index in [0.29, 0.717) is 13.0 Å². The predicted molar refractivity (Wildman–Crippen MR) is 67.3 cm³/mol. The summed E-state index contributed by atoms with van der Waals surface area (Å²) in [4.78, 5) is 24.6. The third-order valence-corrected chi connectivity index (χ3v) is 3.03. The molecule has 5 nitrogen and oxygen atoms in total. The highest BCUT2D eigenvalue weighted by Crippen LogP contribution is 2.29. The molecule has 2 rings (SSSR count). The molecule has 0 unspecified atom stereocenters. The van der Waals surface area contributed by atoms with Gasteiger partial charge in [0.15, 0.2) is 0 Å². The minimum absolute atomic E-state index is 0.0292. The van der Waals surface area contributed by atoms with Crippen LogP contribution >= 0.6 is 0 Å². The number of carbonyl (C=O) groups excluding carboxylic acids is 2. The number of methoxy groups -OCH3 is 1. The molecule has 0 radical (unpaired) electrons. The van der Waals surface area contributed by atoms with Crippen molar-refractivity contribution in [1.29, 1.82) is 0 Å². The number of amides is 1. The van der Waals surface area contributed by atoms with Crippen LogP contribution in [-0.2, 0) is 27.2 Å². The summed E-state index contributed by atoms with van der Waals surface area (Å²) in [6.07, 6.45) is 1.13. The summed E-state index contributed by atoms with van der Waals surface area (Å²) in [5.74, 6) is -0.484. The zero-order chi connectivity index (χ0) is 13.1.